The van der Waals surface area contributed by atoms with E-state index >= 15 is 0 Å². The molecule has 4 nitrogen and oxygen atoms in total. The summed E-state index contributed by atoms with van der Waals surface area (Å²) in [4.78, 5) is 24.8. The van der Waals surface area contributed by atoms with Crippen LogP contribution in [0.25, 0.3) is 0 Å². The predicted octanol–water partition coefficient (Wildman–Crippen LogP) is 4.92. The van der Waals surface area contributed by atoms with Crippen molar-refractivity contribution < 1.29 is 14.3 Å². The number of esters is 1. The van der Waals surface area contributed by atoms with Crippen LogP contribution >= 0.6 is 11.6 Å². The molecular weight excluding hydrogens is 362 g/mol. The first-order valence-electron chi connectivity index (χ1n) is 8.92. The summed E-state index contributed by atoms with van der Waals surface area (Å²) in [7, 11) is 0. The summed E-state index contributed by atoms with van der Waals surface area (Å²) in [6.45, 7) is 11.4. The average molecular weight is 388 g/mol. The lowest BCUT2D eigenvalue weighted by atomic mass is 9.90. The molecule has 0 radical (unpaired) electrons. The molecule has 144 valence electrons. The second kappa shape index (κ2) is 8.57. The third kappa shape index (κ3) is 4.69. The fourth-order valence-electron chi connectivity index (χ4n) is 3.13. The highest BCUT2D eigenvalue weighted by molar-refractivity contribution is 6.30. The zero-order valence-electron chi connectivity index (χ0n) is 16.7. The van der Waals surface area contributed by atoms with Crippen LogP contribution in [0.3, 0.4) is 0 Å². The van der Waals surface area contributed by atoms with Gasteiger partial charge in [0.2, 0.25) is 0 Å². The topological polar surface area (TPSA) is 55.4 Å². The number of benzene rings is 2. The molecule has 0 aliphatic rings. The van der Waals surface area contributed by atoms with E-state index in [2.05, 4.69) is 5.32 Å². The first-order chi connectivity index (χ1) is 12.6. The third-order valence-corrected chi connectivity index (χ3v) is 5.54. The number of ether oxygens (including phenoxy) is 1. The van der Waals surface area contributed by atoms with Crippen molar-refractivity contribution in [2.75, 3.05) is 6.61 Å². The molecule has 2 aromatic carbocycles. The zero-order chi connectivity index (χ0) is 20.3. The number of hydrogen-bond acceptors (Lipinski definition) is 3. The molecule has 2 aromatic rings. The van der Waals surface area contributed by atoms with Crippen LogP contribution in [0.4, 0.5) is 0 Å². The lowest BCUT2D eigenvalue weighted by molar-refractivity contribution is -0.124. The smallest absolute Gasteiger partial charge is 0.339 e. The molecule has 1 atom stereocenters. The lowest BCUT2D eigenvalue weighted by Gasteiger charge is -2.18. The number of amides is 1. The normalized spacial score (nSPS) is 11.8. The molecular formula is C22H26ClNO3. The van der Waals surface area contributed by atoms with E-state index in [1.807, 2.05) is 53.7 Å². The average Bonchev–Trinajstić information content (AvgIpc) is 2.63. The van der Waals surface area contributed by atoms with Crippen LogP contribution in [0, 0.1) is 34.6 Å². The Morgan fingerprint density at radius 1 is 0.926 bits per heavy atom. The Hall–Kier alpha value is -2.33. The molecule has 0 saturated carbocycles. The van der Waals surface area contributed by atoms with Crippen LogP contribution < -0.4 is 5.32 Å². The second-order valence-corrected chi connectivity index (χ2v) is 7.35. The molecule has 1 amide bonds. The molecule has 0 aliphatic carbocycles. The van der Waals surface area contributed by atoms with Gasteiger partial charge in [-0.3, -0.25) is 4.79 Å². The van der Waals surface area contributed by atoms with Crippen molar-refractivity contribution in [1.29, 1.82) is 0 Å². The number of carbonyl (C=O) groups is 2. The van der Waals surface area contributed by atoms with E-state index in [1.54, 1.807) is 12.1 Å². The Labute approximate surface area is 165 Å². The van der Waals surface area contributed by atoms with Gasteiger partial charge in [0.1, 0.15) is 0 Å². The van der Waals surface area contributed by atoms with Crippen LogP contribution in [0.1, 0.15) is 56.7 Å². The zero-order valence-corrected chi connectivity index (χ0v) is 17.5. The van der Waals surface area contributed by atoms with Gasteiger partial charge in [0.15, 0.2) is 6.61 Å². The highest BCUT2D eigenvalue weighted by atomic mass is 35.5. The molecule has 0 fully saturated rings. The van der Waals surface area contributed by atoms with Crippen LogP contribution in [0.15, 0.2) is 24.3 Å². The minimum atomic E-state index is -0.467. The Kier molecular flexibility index (Phi) is 6.66. The number of nitrogens with one attached hydrogen (secondary N) is 1. The summed E-state index contributed by atoms with van der Waals surface area (Å²) in [5, 5.41) is 3.46. The Morgan fingerprint density at radius 3 is 1.93 bits per heavy atom. The summed E-state index contributed by atoms with van der Waals surface area (Å²) in [6.07, 6.45) is 0. The van der Waals surface area contributed by atoms with Gasteiger partial charge in [-0.15, -0.1) is 0 Å². The molecule has 0 unspecified atom stereocenters. The van der Waals surface area contributed by atoms with Crippen molar-refractivity contribution in [2.24, 2.45) is 0 Å². The molecule has 0 spiro atoms. The Morgan fingerprint density at radius 2 is 1.41 bits per heavy atom. The van der Waals surface area contributed by atoms with Crippen LogP contribution in [-0.4, -0.2) is 18.5 Å². The fourth-order valence-corrected chi connectivity index (χ4v) is 3.25. The number of carbonyl (C=O) groups excluding carboxylic acids is 2. The molecule has 27 heavy (non-hydrogen) atoms. The maximum absolute atomic E-state index is 12.6. The van der Waals surface area contributed by atoms with Crippen molar-refractivity contribution >= 4 is 23.5 Å². The van der Waals surface area contributed by atoms with Crippen molar-refractivity contribution in [3.63, 3.8) is 0 Å². The third-order valence-electron chi connectivity index (χ3n) is 5.29. The number of halogens is 1. The molecule has 0 aliphatic heterocycles. The van der Waals surface area contributed by atoms with Crippen molar-refractivity contribution in [1.82, 2.24) is 5.32 Å². The Balaban J connectivity index is 2.03. The van der Waals surface area contributed by atoms with E-state index < -0.39 is 5.97 Å². The van der Waals surface area contributed by atoms with Gasteiger partial charge in [-0.2, -0.15) is 0 Å². The molecule has 0 saturated heterocycles. The van der Waals surface area contributed by atoms with Crippen LogP contribution in [0.5, 0.6) is 0 Å². The minimum Gasteiger partial charge on any atom is -0.452 e. The van der Waals surface area contributed by atoms with Crippen molar-refractivity contribution in [2.45, 2.75) is 47.6 Å². The summed E-state index contributed by atoms with van der Waals surface area (Å²) < 4.78 is 5.29. The number of rotatable bonds is 5. The van der Waals surface area contributed by atoms with E-state index in [9.17, 15) is 9.59 Å². The lowest BCUT2D eigenvalue weighted by Crippen LogP contribution is -2.31. The highest BCUT2D eigenvalue weighted by Gasteiger charge is 2.20. The van der Waals surface area contributed by atoms with Gasteiger partial charge in [-0.25, -0.2) is 4.79 Å². The van der Waals surface area contributed by atoms with E-state index in [-0.39, 0.29) is 18.6 Å². The van der Waals surface area contributed by atoms with E-state index in [0.717, 1.165) is 27.8 Å². The molecule has 0 aromatic heterocycles. The first kappa shape index (κ1) is 21.0. The summed E-state index contributed by atoms with van der Waals surface area (Å²) in [5.41, 5.74) is 6.60. The quantitative estimate of drug-likeness (QED) is 0.741. The van der Waals surface area contributed by atoms with Gasteiger partial charge in [0.05, 0.1) is 11.6 Å². The molecule has 2 rings (SSSR count). The molecule has 0 bridgehead atoms. The SMILES string of the molecule is Cc1c(C)c(C)c(C(=O)OCC(=O)N[C@H](C)c2ccc(Cl)cc2)c(C)c1C. The van der Waals surface area contributed by atoms with E-state index in [4.69, 9.17) is 16.3 Å². The molecule has 0 heterocycles. The van der Waals surface area contributed by atoms with Gasteiger partial charge in [0.25, 0.3) is 5.91 Å². The minimum absolute atomic E-state index is 0.208. The van der Waals surface area contributed by atoms with Crippen LogP contribution in [-0.2, 0) is 9.53 Å². The highest BCUT2D eigenvalue weighted by Crippen LogP contribution is 2.26. The van der Waals surface area contributed by atoms with Crippen molar-refractivity contribution in [3.8, 4) is 0 Å². The van der Waals surface area contributed by atoms with Gasteiger partial charge >= 0.3 is 5.97 Å². The van der Waals surface area contributed by atoms with Crippen LogP contribution in [0.2, 0.25) is 5.02 Å². The van der Waals surface area contributed by atoms with Gasteiger partial charge in [-0.1, -0.05) is 23.7 Å². The monoisotopic (exact) mass is 387 g/mol. The fraction of sp³-hybridized carbons (Fsp3) is 0.364. The van der Waals surface area contributed by atoms with Gasteiger partial charge < -0.3 is 10.1 Å². The molecule has 5 heteroatoms. The van der Waals surface area contributed by atoms with Crippen molar-refractivity contribution in [3.05, 3.63) is 68.2 Å². The first-order valence-corrected chi connectivity index (χ1v) is 9.30. The standard InChI is InChI=1S/C22H26ClNO3/c1-12-13(2)15(4)21(16(5)14(12)3)22(26)27-11-20(25)24-17(6)18-7-9-19(23)10-8-18/h7-10,17H,11H2,1-6H3,(H,24,25)/t17-/m1/s1. The Bertz CT molecular complexity index is 843. The van der Waals surface area contributed by atoms with Gasteiger partial charge in [0, 0.05) is 5.02 Å². The van der Waals surface area contributed by atoms with E-state index in [0.29, 0.717) is 10.6 Å². The largest absolute Gasteiger partial charge is 0.452 e. The summed E-state index contributed by atoms with van der Waals surface area (Å²) in [6, 6.07) is 7.04. The molecule has 1 N–H and O–H groups in total. The van der Waals surface area contributed by atoms with Gasteiger partial charge in [-0.05, 0) is 87.1 Å². The number of hydrogen-bond donors (Lipinski definition) is 1. The summed E-state index contributed by atoms with van der Waals surface area (Å²) in [5.74, 6) is -0.813. The summed E-state index contributed by atoms with van der Waals surface area (Å²) >= 11 is 5.88. The van der Waals surface area contributed by atoms with E-state index in [1.165, 1.54) is 5.56 Å². The maximum atomic E-state index is 12.6. The second-order valence-electron chi connectivity index (χ2n) is 6.92. The predicted molar refractivity (Wildman–Crippen MR) is 108 cm³/mol. The maximum Gasteiger partial charge on any atom is 0.339 e.